The Morgan fingerprint density at radius 2 is 1.84 bits per heavy atom. The first kappa shape index (κ1) is 14.7. The average Bonchev–Trinajstić information content (AvgIpc) is 2.42. The van der Waals surface area contributed by atoms with Crippen LogP contribution < -0.4 is 5.73 Å². The van der Waals surface area contributed by atoms with Gasteiger partial charge in [-0.25, -0.2) is 0 Å². The van der Waals surface area contributed by atoms with Crippen LogP contribution in [0.4, 0.5) is 0 Å². The van der Waals surface area contributed by atoms with E-state index >= 15 is 0 Å². The molecule has 2 aliphatic rings. The summed E-state index contributed by atoms with van der Waals surface area (Å²) in [6, 6.07) is 0. The first-order valence-corrected chi connectivity index (χ1v) is 7.30. The Morgan fingerprint density at radius 3 is 2.37 bits per heavy atom. The van der Waals surface area contributed by atoms with E-state index in [0.717, 1.165) is 39.0 Å². The maximum absolute atomic E-state index is 12.1. The number of carbonyl (C=O) groups is 1. The molecule has 6 heteroatoms. The molecule has 0 bridgehead atoms. The number of ether oxygens (including phenoxy) is 1. The number of rotatable bonds is 3. The third-order valence-electron chi connectivity index (χ3n) is 4.28. The maximum Gasteiger partial charge on any atom is 0.236 e. The van der Waals surface area contributed by atoms with Crippen molar-refractivity contribution in [2.75, 3.05) is 45.9 Å². The summed E-state index contributed by atoms with van der Waals surface area (Å²) in [7, 11) is 0. The summed E-state index contributed by atoms with van der Waals surface area (Å²) in [5.74, 6) is 0.210. The van der Waals surface area contributed by atoms with E-state index < -0.39 is 0 Å². The van der Waals surface area contributed by atoms with Crippen LogP contribution in [0.2, 0.25) is 0 Å². The molecule has 2 rings (SSSR count). The summed E-state index contributed by atoms with van der Waals surface area (Å²) in [4.78, 5) is 16.8. The smallest absolute Gasteiger partial charge is 0.236 e. The van der Waals surface area contributed by atoms with Gasteiger partial charge in [0.1, 0.15) is 0 Å². The summed E-state index contributed by atoms with van der Waals surface area (Å²) in [5.41, 5.74) is 5.76. The second-order valence-electron chi connectivity index (χ2n) is 5.69. The number of thiocarbonyl (C=S) groups is 1. The number of piperidine rings is 1. The highest BCUT2D eigenvalue weighted by Gasteiger charge is 2.33. The first-order chi connectivity index (χ1) is 9.01. The van der Waals surface area contributed by atoms with Crippen LogP contribution >= 0.6 is 12.2 Å². The Hall–Kier alpha value is -0.720. The summed E-state index contributed by atoms with van der Waals surface area (Å²) in [5, 5.41) is 0. The zero-order valence-corrected chi connectivity index (χ0v) is 12.4. The monoisotopic (exact) mass is 285 g/mol. The van der Waals surface area contributed by atoms with Gasteiger partial charge < -0.3 is 15.4 Å². The minimum Gasteiger partial charge on any atom is -0.393 e. The van der Waals surface area contributed by atoms with Gasteiger partial charge >= 0.3 is 0 Å². The lowest BCUT2D eigenvalue weighted by atomic mass is 9.80. The number of likely N-dealkylation sites (tertiary alicyclic amines) is 1. The Balaban J connectivity index is 1.79. The van der Waals surface area contributed by atoms with E-state index in [-0.39, 0.29) is 11.3 Å². The van der Waals surface area contributed by atoms with Gasteiger partial charge in [-0.15, -0.1) is 0 Å². The second-order valence-corrected chi connectivity index (χ2v) is 6.13. The SMILES string of the molecule is CC1(C(N)=S)CCN(CC(=O)N2CCOCC2)CC1. The van der Waals surface area contributed by atoms with Crippen LogP contribution in [0.1, 0.15) is 19.8 Å². The van der Waals surface area contributed by atoms with E-state index in [1.165, 1.54) is 0 Å². The van der Waals surface area contributed by atoms with Gasteiger partial charge in [0, 0.05) is 18.5 Å². The van der Waals surface area contributed by atoms with Crippen molar-refractivity contribution in [3.05, 3.63) is 0 Å². The van der Waals surface area contributed by atoms with Gasteiger partial charge in [-0.2, -0.15) is 0 Å². The van der Waals surface area contributed by atoms with Crippen molar-refractivity contribution in [2.45, 2.75) is 19.8 Å². The number of amides is 1. The van der Waals surface area contributed by atoms with E-state index in [4.69, 9.17) is 22.7 Å². The molecule has 0 saturated carbocycles. The number of nitrogens with zero attached hydrogens (tertiary/aromatic N) is 2. The fourth-order valence-corrected chi connectivity index (χ4v) is 2.76. The van der Waals surface area contributed by atoms with Crippen LogP contribution in [0.5, 0.6) is 0 Å². The Morgan fingerprint density at radius 1 is 1.26 bits per heavy atom. The van der Waals surface area contributed by atoms with Crippen molar-refractivity contribution >= 4 is 23.1 Å². The van der Waals surface area contributed by atoms with E-state index in [1.54, 1.807) is 0 Å². The molecule has 2 heterocycles. The summed E-state index contributed by atoms with van der Waals surface area (Å²) >= 11 is 5.13. The van der Waals surface area contributed by atoms with Crippen LogP contribution in [-0.2, 0) is 9.53 Å². The Bertz CT molecular complexity index is 348. The van der Waals surface area contributed by atoms with Crippen molar-refractivity contribution in [1.82, 2.24) is 9.80 Å². The molecule has 2 saturated heterocycles. The topological polar surface area (TPSA) is 58.8 Å². The van der Waals surface area contributed by atoms with Crippen molar-refractivity contribution in [1.29, 1.82) is 0 Å². The van der Waals surface area contributed by atoms with Gasteiger partial charge in [-0.3, -0.25) is 9.69 Å². The van der Waals surface area contributed by atoms with Crippen molar-refractivity contribution < 1.29 is 9.53 Å². The normalized spacial score (nSPS) is 24.2. The van der Waals surface area contributed by atoms with E-state index in [2.05, 4.69) is 11.8 Å². The van der Waals surface area contributed by atoms with Gasteiger partial charge in [0.25, 0.3) is 0 Å². The highest BCUT2D eigenvalue weighted by molar-refractivity contribution is 7.80. The second kappa shape index (κ2) is 6.15. The standard InChI is InChI=1S/C13H23N3O2S/c1-13(12(14)19)2-4-15(5-3-13)10-11(17)16-6-8-18-9-7-16/h2-10H2,1H3,(H2,14,19). The van der Waals surface area contributed by atoms with Crippen LogP contribution in [0.3, 0.4) is 0 Å². The Labute approximate surface area is 120 Å². The Kier molecular flexibility index (Phi) is 4.76. The molecule has 0 aliphatic carbocycles. The first-order valence-electron chi connectivity index (χ1n) is 6.89. The number of hydrogen-bond acceptors (Lipinski definition) is 4. The van der Waals surface area contributed by atoms with Gasteiger partial charge in [0.05, 0.1) is 24.7 Å². The number of nitrogens with two attached hydrogens (primary N) is 1. The number of carbonyl (C=O) groups excluding carboxylic acids is 1. The van der Waals surface area contributed by atoms with Crippen molar-refractivity contribution in [3.63, 3.8) is 0 Å². The molecule has 5 nitrogen and oxygen atoms in total. The predicted octanol–water partition coefficient (Wildman–Crippen LogP) is 0.233. The summed E-state index contributed by atoms with van der Waals surface area (Å²) in [6.07, 6.45) is 1.89. The molecule has 2 aliphatic heterocycles. The highest BCUT2D eigenvalue weighted by atomic mass is 32.1. The minimum atomic E-state index is -0.0339. The lowest BCUT2D eigenvalue weighted by Crippen LogP contribution is -2.50. The molecule has 2 N–H and O–H groups in total. The van der Waals surface area contributed by atoms with Gasteiger partial charge in [0.2, 0.25) is 5.91 Å². The molecule has 0 aromatic heterocycles. The van der Waals surface area contributed by atoms with Gasteiger partial charge in [-0.1, -0.05) is 19.1 Å². The number of hydrogen-bond donors (Lipinski definition) is 1. The average molecular weight is 285 g/mol. The zero-order chi connectivity index (χ0) is 13.9. The lowest BCUT2D eigenvalue weighted by Gasteiger charge is -2.39. The van der Waals surface area contributed by atoms with E-state index in [9.17, 15) is 4.79 Å². The van der Waals surface area contributed by atoms with Gasteiger partial charge in [-0.05, 0) is 25.9 Å². The molecule has 0 unspecified atom stereocenters. The molecule has 1 amide bonds. The summed E-state index contributed by atoms with van der Waals surface area (Å²) in [6.45, 7) is 7.17. The fraction of sp³-hybridized carbons (Fsp3) is 0.846. The van der Waals surface area contributed by atoms with Crippen LogP contribution in [0, 0.1) is 5.41 Å². The van der Waals surface area contributed by atoms with Crippen molar-refractivity contribution in [2.24, 2.45) is 11.1 Å². The molecule has 19 heavy (non-hydrogen) atoms. The highest BCUT2D eigenvalue weighted by Crippen LogP contribution is 2.30. The lowest BCUT2D eigenvalue weighted by molar-refractivity contribution is -0.136. The molecular formula is C13H23N3O2S. The summed E-state index contributed by atoms with van der Waals surface area (Å²) < 4.78 is 5.26. The molecule has 2 fully saturated rings. The zero-order valence-electron chi connectivity index (χ0n) is 11.6. The quantitative estimate of drug-likeness (QED) is 0.753. The molecule has 0 atom stereocenters. The molecular weight excluding hydrogens is 262 g/mol. The van der Waals surface area contributed by atoms with Crippen molar-refractivity contribution in [3.8, 4) is 0 Å². The number of morpholine rings is 1. The molecule has 0 aromatic carbocycles. The maximum atomic E-state index is 12.1. The molecule has 0 radical (unpaired) electrons. The predicted molar refractivity (Wildman–Crippen MR) is 78.0 cm³/mol. The van der Waals surface area contributed by atoms with Crippen LogP contribution in [-0.4, -0.2) is 66.6 Å². The van der Waals surface area contributed by atoms with Crippen LogP contribution in [0.25, 0.3) is 0 Å². The molecule has 0 spiro atoms. The molecule has 108 valence electrons. The molecule has 0 aromatic rings. The van der Waals surface area contributed by atoms with E-state index in [0.29, 0.717) is 24.7 Å². The van der Waals surface area contributed by atoms with E-state index in [1.807, 2.05) is 4.90 Å². The minimum absolute atomic E-state index is 0.0339. The third-order valence-corrected chi connectivity index (χ3v) is 4.77. The third kappa shape index (κ3) is 3.64. The fourth-order valence-electron chi connectivity index (χ4n) is 2.56. The van der Waals surface area contributed by atoms with Gasteiger partial charge in [0.15, 0.2) is 0 Å². The largest absolute Gasteiger partial charge is 0.393 e. The van der Waals surface area contributed by atoms with Crippen LogP contribution in [0.15, 0.2) is 0 Å².